The standard InChI is InChI=1S/C12H16N2O/c1-9-5-3-4-6-10(9)11-12(15)14(2)8-7-13-11/h3-6,11,13H,7-8H2,1-2H3. The van der Waals surface area contributed by atoms with E-state index in [1.165, 1.54) is 5.56 Å². The number of likely N-dealkylation sites (N-methyl/N-ethyl adjacent to an activating group) is 1. The first-order chi connectivity index (χ1) is 7.20. The number of piperazine rings is 1. The van der Waals surface area contributed by atoms with Crippen molar-refractivity contribution in [3.8, 4) is 0 Å². The van der Waals surface area contributed by atoms with Gasteiger partial charge in [-0.05, 0) is 18.1 Å². The Hall–Kier alpha value is -1.35. The van der Waals surface area contributed by atoms with Gasteiger partial charge in [-0.1, -0.05) is 24.3 Å². The van der Waals surface area contributed by atoms with E-state index in [2.05, 4.69) is 5.32 Å². The average Bonchev–Trinajstić information content (AvgIpc) is 2.23. The number of carbonyl (C=O) groups is 1. The monoisotopic (exact) mass is 204 g/mol. The second kappa shape index (κ2) is 4.03. The Morgan fingerprint density at radius 2 is 2.13 bits per heavy atom. The van der Waals surface area contributed by atoms with Crippen molar-refractivity contribution in [3.63, 3.8) is 0 Å². The second-order valence-electron chi connectivity index (χ2n) is 4.00. The van der Waals surface area contributed by atoms with Gasteiger partial charge in [-0.25, -0.2) is 0 Å². The minimum absolute atomic E-state index is 0.162. The van der Waals surface area contributed by atoms with E-state index in [9.17, 15) is 4.79 Å². The van der Waals surface area contributed by atoms with Crippen molar-refractivity contribution in [2.75, 3.05) is 20.1 Å². The third-order valence-corrected chi connectivity index (χ3v) is 2.92. The van der Waals surface area contributed by atoms with Crippen LogP contribution in [0.5, 0.6) is 0 Å². The highest BCUT2D eigenvalue weighted by molar-refractivity contribution is 5.84. The zero-order valence-electron chi connectivity index (χ0n) is 9.16. The molecule has 1 aromatic carbocycles. The zero-order chi connectivity index (χ0) is 10.8. The van der Waals surface area contributed by atoms with Crippen molar-refractivity contribution in [1.82, 2.24) is 10.2 Å². The zero-order valence-corrected chi connectivity index (χ0v) is 9.16. The Morgan fingerprint density at radius 1 is 1.40 bits per heavy atom. The number of rotatable bonds is 1. The molecule has 15 heavy (non-hydrogen) atoms. The van der Waals surface area contributed by atoms with Crippen molar-refractivity contribution in [3.05, 3.63) is 35.4 Å². The Bertz CT molecular complexity index is 376. The summed E-state index contributed by atoms with van der Waals surface area (Å²) < 4.78 is 0. The van der Waals surface area contributed by atoms with Gasteiger partial charge in [0.2, 0.25) is 5.91 Å². The number of aryl methyl sites for hydroxylation is 1. The molecule has 1 N–H and O–H groups in total. The molecule has 3 nitrogen and oxygen atoms in total. The van der Waals surface area contributed by atoms with Crippen LogP contribution in [0.15, 0.2) is 24.3 Å². The molecule has 0 radical (unpaired) electrons. The largest absolute Gasteiger partial charge is 0.343 e. The van der Waals surface area contributed by atoms with Gasteiger partial charge in [0.25, 0.3) is 0 Å². The molecule has 80 valence electrons. The maximum atomic E-state index is 11.9. The molecule has 1 unspecified atom stereocenters. The summed E-state index contributed by atoms with van der Waals surface area (Å²) in [6.07, 6.45) is 0. The highest BCUT2D eigenvalue weighted by atomic mass is 16.2. The van der Waals surface area contributed by atoms with E-state index < -0.39 is 0 Å². The van der Waals surface area contributed by atoms with E-state index in [-0.39, 0.29) is 11.9 Å². The number of hydrogen-bond acceptors (Lipinski definition) is 2. The molecule has 2 rings (SSSR count). The van der Waals surface area contributed by atoms with Crippen LogP contribution in [-0.2, 0) is 4.79 Å². The van der Waals surface area contributed by atoms with E-state index in [0.29, 0.717) is 0 Å². The summed E-state index contributed by atoms with van der Waals surface area (Å²) in [5, 5.41) is 3.27. The fourth-order valence-electron chi connectivity index (χ4n) is 1.95. The predicted molar refractivity (Wildman–Crippen MR) is 59.6 cm³/mol. The molecule has 1 fully saturated rings. The smallest absolute Gasteiger partial charge is 0.244 e. The molecule has 1 aliphatic heterocycles. The van der Waals surface area contributed by atoms with E-state index in [1.54, 1.807) is 4.90 Å². The van der Waals surface area contributed by atoms with Crippen LogP contribution >= 0.6 is 0 Å². The SMILES string of the molecule is Cc1ccccc1C1NCCN(C)C1=O. The van der Waals surface area contributed by atoms with Crippen LogP contribution in [0, 0.1) is 6.92 Å². The molecule has 3 heteroatoms. The van der Waals surface area contributed by atoms with Gasteiger partial charge in [-0.3, -0.25) is 4.79 Å². The first kappa shape index (κ1) is 10.2. The van der Waals surface area contributed by atoms with Crippen LogP contribution in [0.2, 0.25) is 0 Å². The van der Waals surface area contributed by atoms with Crippen LogP contribution in [-0.4, -0.2) is 30.9 Å². The fraction of sp³-hybridized carbons (Fsp3) is 0.417. The number of nitrogens with zero attached hydrogens (tertiary/aromatic N) is 1. The van der Waals surface area contributed by atoms with E-state index in [1.807, 2.05) is 38.2 Å². The van der Waals surface area contributed by atoms with Crippen molar-refractivity contribution in [1.29, 1.82) is 0 Å². The topological polar surface area (TPSA) is 32.3 Å². The molecule has 0 spiro atoms. The van der Waals surface area contributed by atoms with Crippen LogP contribution in [0.3, 0.4) is 0 Å². The lowest BCUT2D eigenvalue weighted by molar-refractivity contribution is -0.134. The lowest BCUT2D eigenvalue weighted by Crippen LogP contribution is -2.48. The minimum atomic E-state index is -0.162. The molecule has 0 saturated carbocycles. The van der Waals surface area contributed by atoms with Crippen molar-refractivity contribution in [2.45, 2.75) is 13.0 Å². The Morgan fingerprint density at radius 3 is 2.87 bits per heavy atom. The van der Waals surface area contributed by atoms with Gasteiger partial charge in [0.15, 0.2) is 0 Å². The number of nitrogens with one attached hydrogen (secondary N) is 1. The molecule has 1 aromatic rings. The lowest BCUT2D eigenvalue weighted by atomic mass is 9.99. The summed E-state index contributed by atoms with van der Waals surface area (Å²) >= 11 is 0. The van der Waals surface area contributed by atoms with Gasteiger partial charge in [-0.2, -0.15) is 0 Å². The Labute approximate surface area is 90.1 Å². The van der Waals surface area contributed by atoms with E-state index >= 15 is 0 Å². The molecule has 0 aliphatic carbocycles. The number of amides is 1. The van der Waals surface area contributed by atoms with Crippen LogP contribution in [0.25, 0.3) is 0 Å². The fourth-order valence-corrected chi connectivity index (χ4v) is 1.95. The normalized spacial score (nSPS) is 21.9. The number of carbonyl (C=O) groups excluding carboxylic acids is 1. The lowest BCUT2D eigenvalue weighted by Gasteiger charge is -2.31. The van der Waals surface area contributed by atoms with Gasteiger partial charge in [0, 0.05) is 20.1 Å². The molecule has 1 aliphatic rings. The molecular formula is C12H16N2O. The molecule has 1 saturated heterocycles. The van der Waals surface area contributed by atoms with Crippen LogP contribution in [0.4, 0.5) is 0 Å². The molecule has 0 bridgehead atoms. The minimum Gasteiger partial charge on any atom is -0.343 e. The Balaban J connectivity index is 2.30. The molecule has 1 atom stereocenters. The summed E-state index contributed by atoms with van der Waals surface area (Å²) in [6, 6.07) is 7.87. The van der Waals surface area contributed by atoms with Gasteiger partial charge in [-0.15, -0.1) is 0 Å². The average molecular weight is 204 g/mol. The summed E-state index contributed by atoms with van der Waals surface area (Å²) in [7, 11) is 1.86. The first-order valence-electron chi connectivity index (χ1n) is 5.24. The highest BCUT2D eigenvalue weighted by Crippen LogP contribution is 2.20. The van der Waals surface area contributed by atoms with Crippen molar-refractivity contribution < 1.29 is 4.79 Å². The number of hydrogen-bond donors (Lipinski definition) is 1. The summed E-state index contributed by atoms with van der Waals surface area (Å²) in [4.78, 5) is 13.7. The van der Waals surface area contributed by atoms with Crippen molar-refractivity contribution in [2.24, 2.45) is 0 Å². The maximum absolute atomic E-state index is 11.9. The Kier molecular flexibility index (Phi) is 2.73. The molecular weight excluding hydrogens is 188 g/mol. The maximum Gasteiger partial charge on any atom is 0.244 e. The molecule has 1 heterocycles. The quantitative estimate of drug-likeness (QED) is 0.743. The van der Waals surface area contributed by atoms with E-state index in [4.69, 9.17) is 0 Å². The third-order valence-electron chi connectivity index (χ3n) is 2.92. The van der Waals surface area contributed by atoms with Crippen LogP contribution in [0.1, 0.15) is 17.2 Å². The van der Waals surface area contributed by atoms with Gasteiger partial charge < -0.3 is 10.2 Å². The molecule has 1 amide bonds. The third kappa shape index (κ3) is 1.88. The summed E-state index contributed by atoms with van der Waals surface area (Å²) in [5.74, 6) is 0.163. The van der Waals surface area contributed by atoms with Gasteiger partial charge in [0.05, 0.1) is 0 Å². The van der Waals surface area contributed by atoms with Crippen molar-refractivity contribution >= 4 is 5.91 Å². The summed E-state index contributed by atoms with van der Waals surface area (Å²) in [6.45, 7) is 3.70. The number of benzene rings is 1. The van der Waals surface area contributed by atoms with Crippen LogP contribution < -0.4 is 5.32 Å². The van der Waals surface area contributed by atoms with Gasteiger partial charge in [0.1, 0.15) is 6.04 Å². The highest BCUT2D eigenvalue weighted by Gasteiger charge is 2.27. The predicted octanol–water partition coefficient (Wildman–Crippen LogP) is 1.10. The van der Waals surface area contributed by atoms with E-state index in [0.717, 1.165) is 18.7 Å². The van der Waals surface area contributed by atoms with Gasteiger partial charge >= 0.3 is 0 Å². The molecule has 0 aromatic heterocycles. The first-order valence-corrected chi connectivity index (χ1v) is 5.24. The summed E-state index contributed by atoms with van der Waals surface area (Å²) in [5.41, 5.74) is 2.26. The second-order valence-corrected chi connectivity index (χ2v) is 4.00.